The van der Waals surface area contributed by atoms with Gasteiger partial charge in [0.05, 0.1) is 6.10 Å². The zero-order valence-electron chi connectivity index (χ0n) is 12.9. The molecule has 0 saturated heterocycles. The molecule has 0 aliphatic rings. The highest BCUT2D eigenvalue weighted by Gasteiger charge is 2.00. The number of nitrogens with one attached hydrogen (secondary N) is 1. The number of carbonyl (C=O) groups is 1. The van der Waals surface area contributed by atoms with Crippen LogP contribution in [0.3, 0.4) is 0 Å². The van der Waals surface area contributed by atoms with Crippen LogP contribution >= 0.6 is 0 Å². The van der Waals surface area contributed by atoms with Gasteiger partial charge in [0.1, 0.15) is 0 Å². The summed E-state index contributed by atoms with van der Waals surface area (Å²) in [7, 11) is 0. The molecule has 0 heterocycles. The van der Waals surface area contributed by atoms with Gasteiger partial charge in [0.2, 0.25) is 5.91 Å². The highest BCUT2D eigenvalue weighted by atomic mass is 16.5. The molecule has 0 unspecified atom stereocenters. The van der Waals surface area contributed by atoms with E-state index in [1.807, 2.05) is 20.8 Å². The van der Waals surface area contributed by atoms with Crippen molar-refractivity contribution < 1.29 is 15.7 Å². The van der Waals surface area contributed by atoms with E-state index in [9.17, 15) is 4.79 Å². The molecule has 19 heavy (non-hydrogen) atoms. The van der Waals surface area contributed by atoms with E-state index in [2.05, 4.69) is 5.32 Å². The minimum atomic E-state index is 0. The molecule has 1 amide bonds. The molecule has 0 radical (unpaired) electrons. The van der Waals surface area contributed by atoms with Crippen LogP contribution < -0.4 is 5.32 Å². The molecule has 0 rings (SSSR count). The number of hydrogen-bond donors (Lipinski definition) is 1. The van der Waals surface area contributed by atoms with Crippen LogP contribution in [-0.2, 0) is 14.3 Å². The first-order chi connectivity index (χ1) is 9.16. The Kier molecular flexibility index (Phi) is 13.4. The molecular formula is C15H33NO3. The summed E-state index contributed by atoms with van der Waals surface area (Å²) in [4.78, 5) is 11.5. The zero-order valence-corrected chi connectivity index (χ0v) is 12.9. The van der Waals surface area contributed by atoms with Crippen molar-refractivity contribution in [3.05, 3.63) is 0 Å². The van der Waals surface area contributed by atoms with Crippen molar-refractivity contribution in [1.82, 2.24) is 5.32 Å². The van der Waals surface area contributed by atoms with Gasteiger partial charge in [-0.25, -0.2) is 0 Å². The molecule has 0 aromatic heterocycles. The molecule has 0 aliphatic heterocycles. The van der Waals surface area contributed by atoms with Gasteiger partial charge in [0.25, 0.3) is 0 Å². The van der Waals surface area contributed by atoms with Gasteiger partial charge in [-0.15, -0.1) is 0 Å². The van der Waals surface area contributed by atoms with E-state index in [1.54, 1.807) is 0 Å². The van der Waals surface area contributed by atoms with Crippen LogP contribution in [0.15, 0.2) is 0 Å². The van der Waals surface area contributed by atoms with Crippen LogP contribution in [0.2, 0.25) is 0 Å². The van der Waals surface area contributed by atoms with Gasteiger partial charge in [0, 0.05) is 34.2 Å². The van der Waals surface area contributed by atoms with Crippen LogP contribution in [-0.4, -0.2) is 38.4 Å². The fourth-order valence-electron chi connectivity index (χ4n) is 1.67. The Morgan fingerprint density at radius 3 is 2.53 bits per heavy atom. The highest BCUT2D eigenvalue weighted by molar-refractivity contribution is 5.75. The standard InChI is InChI=1S/C15H31NO3.H2/c1-4-18-12-8-5-7-11-16-15(17)10-6-9-13-19-14(2)3;/h14H,4-13H2,1-3H3,(H,16,17);1H. The van der Waals surface area contributed by atoms with Crippen LogP contribution in [0.5, 0.6) is 0 Å². The van der Waals surface area contributed by atoms with E-state index < -0.39 is 0 Å². The van der Waals surface area contributed by atoms with Crippen LogP contribution in [0.4, 0.5) is 0 Å². The van der Waals surface area contributed by atoms with Gasteiger partial charge in [-0.1, -0.05) is 0 Å². The first kappa shape index (κ1) is 18.4. The topological polar surface area (TPSA) is 47.6 Å². The second-order valence-electron chi connectivity index (χ2n) is 4.98. The van der Waals surface area contributed by atoms with E-state index >= 15 is 0 Å². The first-order valence-corrected chi connectivity index (χ1v) is 7.62. The third-order valence-corrected chi connectivity index (χ3v) is 2.74. The highest BCUT2D eigenvalue weighted by Crippen LogP contribution is 1.99. The average Bonchev–Trinajstić information content (AvgIpc) is 2.37. The summed E-state index contributed by atoms with van der Waals surface area (Å²) in [6.07, 6.45) is 5.99. The molecule has 0 aliphatic carbocycles. The Morgan fingerprint density at radius 1 is 1.11 bits per heavy atom. The zero-order chi connectivity index (χ0) is 14.3. The molecule has 4 nitrogen and oxygen atoms in total. The van der Waals surface area contributed by atoms with Crippen molar-refractivity contribution in [2.24, 2.45) is 0 Å². The predicted octanol–water partition coefficient (Wildman–Crippen LogP) is 3.15. The Bertz CT molecular complexity index is 213. The maximum Gasteiger partial charge on any atom is 0.219 e. The summed E-state index contributed by atoms with van der Waals surface area (Å²) in [5, 5.41) is 2.95. The number of rotatable bonds is 13. The first-order valence-electron chi connectivity index (χ1n) is 7.62. The molecule has 0 fully saturated rings. The number of unbranched alkanes of at least 4 members (excludes halogenated alkanes) is 3. The molecule has 116 valence electrons. The van der Waals surface area contributed by atoms with Crippen LogP contribution in [0.1, 0.15) is 60.7 Å². The minimum Gasteiger partial charge on any atom is -0.382 e. The second-order valence-corrected chi connectivity index (χ2v) is 4.98. The number of hydrogen-bond acceptors (Lipinski definition) is 3. The third kappa shape index (κ3) is 15.3. The predicted molar refractivity (Wildman–Crippen MR) is 80.4 cm³/mol. The molecule has 0 spiro atoms. The maximum absolute atomic E-state index is 11.5. The van der Waals surface area contributed by atoms with Gasteiger partial charge in [0.15, 0.2) is 0 Å². The normalized spacial score (nSPS) is 10.9. The number of amides is 1. The van der Waals surface area contributed by atoms with Gasteiger partial charge < -0.3 is 14.8 Å². The Morgan fingerprint density at radius 2 is 1.84 bits per heavy atom. The van der Waals surface area contributed by atoms with Crippen molar-refractivity contribution in [2.45, 2.75) is 65.4 Å². The Balaban J connectivity index is 0. The lowest BCUT2D eigenvalue weighted by atomic mass is 10.2. The molecule has 0 atom stereocenters. The summed E-state index contributed by atoms with van der Waals surface area (Å²) >= 11 is 0. The Labute approximate surface area is 119 Å². The number of ether oxygens (including phenoxy) is 2. The minimum absolute atomic E-state index is 0. The maximum atomic E-state index is 11.5. The fraction of sp³-hybridized carbons (Fsp3) is 0.933. The molecule has 0 aromatic carbocycles. The third-order valence-electron chi connectivity index (χ3n) is 2.74. The summed E-state index contributed by atoms with van der Waals surface area (Å²) in [5.74, 6) is 0.161. The van der Waals surface area contributed by atoms with Crippen molar-refractivity contribution in [1.29, 1.82) is 0 Å². The van der Waals surface area contributed by atoms with E-state index in [-0.39, 0.29) is 13.4 Å². The summed E-state index contributed by atoms with van der Waals surface area (Å²) < 4.78 is 10.7. The van der Waals surface area contributed by atoms with Gasteiger partial charge in [-0.2, -0.15) is 0 Å². The fourth-order valence-corrected chi connectivity index (χ4v) is 1.67. The van der Waals surface area contributed by atoms with Crippen LogP contribution in [0, 0.1) is 0 Å². The van der Waals surface area contributed by atoms with Crippen molar-refractivity contribution in [2.75, 3.05) is 26.4 Å². The molecule has 0 saturated carbocycles. The largest absolute Gasteiger partial charge is 0.382 e. The van der Waals surface area contributed by atoms with Crippen molar-refractivity contribution in [3.63, 3.8) is 0 Å². The monoisotopic (exact) mass is 275 g/mol. The molecular weight excluding hydrogens is 242 g/mol. The second kappa shape index (κ2) is 13.8. The van der Waals surface area contributed by atoms with Crippen molar-refractivity contribution in [3.8, 4) is 0 Å². The van der Waals surface area contributed by atoms with E-state index in [0.29, 0.717) is 6.42 Å². The summed E-state index contributed by atoms with van der Waals surface area (Å²) in [5.41, 5.74) is 0. The quantitative estimate of drug-likeness (QED) is 0.525. The van der Waals surface area contributed by atoms with Gasteiger partial charge in [-0.05, 0) is 52.9 Å². The summed E-state index contributed by atoms with van der Waals surface area (Å²) in [6, 6.07) is 0. The number of carbonyl (C=O) groups excluding carboxylic acids is 1. The van der Waals surface area contributed by atoms with Gasteiger partial charge >= 0.3 is 0 Å². The van der Waals surface area contributed by atoms with E-state index in [0.717, 1.165) is 58.5 Å². The SMILES string of the molecule is CCOCCCCCNC(=O)CCCCOC(C)C.[HH]. The Hall–Kier alpha value is -0.610. The molecule has 1 N–H and O–H groups in total. The van der Waals surface area contributed by atoms with E-state index in [4.69, 9.17) is 9.47 Å². The lowest BCUT2D eigenvalue weighted by Gasteiger charge is -2.07. The lowest BCUT2D eigenvalue weighted by Crippen LogP contribution is -2.24. The lowest BCUT2D eigenvalue weighted by molar-refractivity contribution is -0.121. The molecule has 4 heteroatoms. The average molecular weight is 275 g/mol. The van der Waals surface area contributed by atoms with Gasteiger partial charge in [-0.3, -0.25) is 4.79 Å². The molecule has 0 aromatic rings. The van der Waals surface area contributed by atoms with Crippen LogP contribution in [0.25, 0.3) is 0 Å². The summed E-state index contributed by atoms with van der Waals surface area (Å²) in [6.45, 7) is 9.22. The smallest absolute Gasteiger partial charge is 0.219 e. The molecule has 0 bridgehead atoms. The van der Waals surface area contributed by atoms with Crippen molar-refractivity contribution >= 4 is 5.91 Å². The van der Waals surface area contributed by atoms with E-state index in [1.165, 1.54) is 0 Å².